The zero-order valence-electron chi connectivity index (χ0n) is 16.8. The maximum atomic E-state index is 12.9. The van der Waals surface area contributed by atoms with Crippen molar-refractivity contribution in [3.8, 4) is 5.75 Å². The molecule has 1 aliphatic heterocycles. The number of carbonyl (C=O) groups is 1. The Morgan fingerprint density at radius 3 is 2.50 bits per heavy atom. The number of para-hydroxylation sites is 1. The van der Waals surface area contributed by atoms with Crippen molar-refractivity contribution >= 4 is 25.8 Å². The van der Waals surface area contributed by atoms with Crippen LogP contribution >= 0.6 is 0 Å². The number of carboxylic acid groups (broad SMARTS) is 1. The van der Waals surface area contributed by atoms with Crippen molar-refractivity contribution in [3.63, 3.8) is 0 Å². The standard InChI is InChI=1S/C22H21NO7S2/c24-22(25)17(12-10-15-6-2-1-3-7-15)23-32(28,29)16-11-13-21-19(14-16)30-18-8-4-5-9-20(18)31(21,26)27/h1-9,11,13-14,17,19,21,23H,10,12H2,(H,24,25). The number of benzene rings is 2. The normalized spacial score (nSPS) is 22.1. The molecule has 2 aliphatic rings. The van der Waals surface area contributed by atoms with Crippen LogP contribution in [-0.2, 0) is 31.1 Å². The van der Waals surface area contributed by atoms with Gasteiger partial charge in [0.25, 0.3) is 0 Å². The molecule has 0 aromatic heterocycles. The first-order valence-electron chi connectivity index (χ1n) is 9.87. The summed E-state index contributed by atoms with van der Waals surface area (Å²) in [6, 6.07) is 14.0. The Hall–Kier alpha value is -2.95. The molecule has 2 aromatic rings. The molecular formula is C22H21NO7S2. The molecule has 0 bridgehead atoms. The number of hydrogen-bond acceptors (Lipinski definition) is 6. The van der Waals surface area contributed by atoms with E-state index < -0.39 is 43.2 Å². The van der Waals surface area contributed by atoms with Crippen LogP contribution in [0.25, 0.3) is 0 Å². The number of fused-ring (bicyclic) bond motifs is 2. The molecular weight excluding hydrogens is 454 g/mol. The number of nitrogens with one attached hydrogen (secondary N) is 1. The number of allylic oxidation sites excluding steroid dienone is 1. The molecule has 2 aromatic carbocycles. The Balaban J connectivity index is 1.55. The highest BCUT2D eigenvalue weighted by molar-refractivity contribution is 7.93. The van der Waals surface area contributed by atoms with Crippen LogP contribution in [0.1, 0.15) is 12.0 Å². The molecule has 168 valence electrons. The Bertz CT molecular complexity index is 1300. The van der Waals surface area contributed by atoms with Crippen molar-refractivity contribution in [2.24, 2.45) is 0 Å². The molecule has 0 spiro atoms. The van der Waals surface area contributed by atoms with Crippen LogP contribution in [0.5, 0.6) is 5.75 Å². The van der Waals surface area contributed by atoms with E-state index in [9.17, 15) is 26.7 Å². The van der Waals surface area contributed by atoms with Gasteiger partial charge in [0.05, 0.1) is 4.91 Å². The molecule has 0 radical (unpaired) electrons. The van der Waals surface area contributed by atoms with Gasteiger partial charge in [0.2, 0.25) is 10.0 Å². The fourth-order valence-electron chi connectivity index (χ4n) is 3.69. The Morgan fingerprint density at radius 2 is 1.78 bits per heavy atom. The Labute approximate surface area is 186 Å². The number of sulfone groups is 1. The van der Waals surface area contributed by atoms with E-state index in [1.54, 1.807) is 12.1 Å². The first-order chi connectivity index (χ1) is 15.2. The average Bonchev–Trinajstić information content (AvgIpc) is 2.77. The van der Waals surface area contributed by atoms with E-state index in [0.717, 1.165) is 5.56 Å². The maximum Gasteiger partial charge on any atom is 0.321 e. The lowest BCUT2D eigenvalue weighted by Crippen LogP contribution is -2.44. The minimum atomic E-state index is -4.23. The van der Waals surface area contributed by atoms with Crippen molar-refractivity contribution in [1.29, 1.82) is 0 Å². The molecule has 32 heavy (non-hydrogen) atoms. The van der Waals surface area contributed by atoms with E-state index in [1.807, 2.05) is 30.3 Å². The third kappa shape index (κ3) is 4.34. The summed E-state index contributed by atoms with van der Waals surface area (Å²) in [5, 5.41) is 8.44. The summed E-state index contributed by atoms with van der Waals surface area (Å²) < 4.78 is 59.5. The van der Waals surface area contributed by atoms with Crippen LogP contribution in [0.3, 0.4) is 0 Å². The van der Waals surface area contributed by atoms with E-state index in [1.165, 1.54) is 30.4 Å². The quantitative estimate of drug-likeness (QED) is 0.627. The molecule has 0 saturated heterocycles. The highest BCUT2D eigenvalue weighted by Gasteiger charge is 2.42. The van der Waals surface area contributed by atoms with Gasteiger partial charge in [0.1, 0.15) is 28.0 Å². The predicted octanol–water partition coefficient (Wildman–Crippen LogP) is 2.05. The highest BCUT2D eigenvalue weighted by Crippen LogP contribution is 2.37. The average molecular weight is 476 g/mol. The number of aryl methyl sites for hydroxylation is 1. The van der Waals surface area contributed by atoms with E-state index >= 15 is 0 Å². The molecule has 1 aliphatic carbocycles. The highest BCUT2D eigenvalue weighted by atomic mass is 32.2. The third-order valence-electron chi connectivity index (χ3n) is 5.35. The molecule has 3 unspecified atom stereocenters. The summed E-state index contributed by atoms with van der Waals surface area (Å²) in [6.07, 6.45) is 3.03. The van der Waals surface area contributed by atoms with E-state index in [4.69, 9.17) is 4.74 Å². The van der Waals surface area contributed by atoms with Crippen molar-refractivity contribution in [1.82, 2.24) is 4.72 Å². The second-order valence-corrected chi connectivity index (χ2v) is 11.3. The molecule has 8 nitrogen and oxygen atoms in total. The van der Waals surface area contributed by atoms with Crippen LogP contribution in [-0.4, -0.2) is 45.3 Å². The monoisotopic (exact) mass is 475 g/mol. The smallest absolute Gasteiger partial charge is 0.321 e. The van der Waals surface area contributed by atoms with E-state index in [0.29, 0.717) is 6.42 Å². The van der Waals surface area contributed by atoms with Crippen molar-refractivity contribution in [2.75, 3.05) is 0 Å². The lowest BCUT2D eigenvalue weighted by atomic mass is 10.1. The fraction of sp³-hybridized carbons (Fsp3) is 0.227. The molecule has 0 saturated carbocycles. The van der Waals surface area contributed by atoms with Gasteiger partial charge < -0.3 is 9.84 Å². The van der Waals surface area contributed by atoms with Gasteiger partial charge in [-0.2, -0.15) is 4.72 Å². The summed E-state index contributed by atoms with van der Waals surface area (Å²) in [7, 11) is -7.98. The van der Waals surface area contributed by atoms with Gasteiger partial charge in [-0.05, 0) is 42.7 Å². The number of carboxylic acids is 1. The molecule has 0 amide bonds. The summed E-state index contributed by atoms with van der Waals surface area (Å²) in [5.41, 5.74) is 0.886. The lowest BCUT2D eigenvalue weighted by Gasteiger charge is -2.32. The van der Waals surface area contributed by atoms with Gasteiger partial charge in [-0.25, -0.2) is 16.8 Å². The van der Waals surface area contributed by atoms with Crippen molar-refractivity contribution in [2.45, 2.75) is 35.1 Å². The van der Waals surface area contributed by atoms with Crippen LogP contribution in [0.4, 0.5) is 0 Å². The van der Waals surface area contributed by atoms with Crippen molar-refractivity contribution < 1.29 is 31.5 Å². The fourth-order valence-corrected chi connectivity index (χ4v) is 6.72. The van der Waals surface area contributed by atoms with Gasteiger partial charge in [0.15, 0.2) is 9.84 Å². The largest absolute Gasteiger partial charge is 0.483 e. The van der Waals surface area contributed by atoms with Gasteiger partial charge in [0, 0.05) is 0 Å². The topological polar surface area (TPSA) is 127 Å². The van der Waals surface area contributed by atoms with Crippen LogP contribution in [0.15, 0.2) is 82.6 Å². The zero-order valence-corrected chi connectivity index (χ0v) is 18.4. The minimum Gasteiger partial charge on any atom is -0.483 e. The SMILES string of the molecule is O=C(O)C(CCc1ccccc1)NS(=O)(=O)C1=CC2Oc3ccccc3S(=O)(=O)C2C=C1. The number of rotatable bonds is 7. The van der Waals surface area contributed by atoms with E-state index in [2.05, 4.69) is 4.72 Å². The second kappa shape index (κ2) is 8.53. The first-order valence-corrected chi connectivity index (χ1v) is 12.9. The zero-order chi connectivity index (χ0) is 22.9. The van der Waals surface area contributed by atoms with Crippen LogP contribution in [0.2, 0.25) is 0 Å². The van der Waals surface area contributed by atoms with Crippen molar-refractivity contribution in [3.05, 3.63) is 83.3 Å². The molecule has 1 heterocycles. The van der Waals surface area contributed by atoms with Crippen LogP contribution in [0, 0.1) is 0 Å². The second-order valence-electron chi connectivity index (χ2n) is 7.50. The molecule has 2 N–H and O–H groups in total. The van der Waals surface area contributed by atoms with Crippen LogP contribution < -0.4 is 9.46 Å². The molecule has 0 fully saturated rings. The molecule has 4 rings (SSSR count). The summed E-state index contributed by atoms with van der Waals surface area (Å²) in [6.45, 7) is 0. The Morgan fingerprint density at radius 1 is 1.09 bits per heavy atom. The number of hydrogen-bond donors (Lipinski definition) is 2. The Kier molecular flexibility index (Phi) is 5.93. The molecule has 10 heteroatoms. The third-order valence-corrected chi connectivity index (χ3v) is 8.93. The minimum absolute atomic E-state index is 0.0515. The van der Waals surface area contributed by atoms with Gasteiger partial charge >= 0.3 is 5.97 Å². The summed E-state index contributed by atoms with van der Waals surface area (Å²) in [4.78, 5) is 11.5. The van der Waals surface area contributed by atoms with Gasteiger partial charge in [-0.15, -0.1) is 0 Å². The molecule has 3 atom stereocenters. The maximum absolute atomic E-state index is 12.9. The summed E-state index contributed by atoms with van der Waals surface area (Å²) in [5.74, 6) is -1.15. The number of aliphatic carboxylic acids is 1. The van der Waals surface area contributed by atoms with Gasteiger partial charge in [-0.3, -0.25) is 4.79 Å². The van der Waals surface area contributed by atoms with Gasteiger partial charge in [-0.1, -0.05) is 48.5 Å². The predicted molar refractivity (Wildman–Crippen MR) is 117 cm³/mol. The number of sulfonamides is 1. The first kappa shape index (κ1) is 22.3. The van der Waals surface area contributed by atoms with E-state index in [-0.39, 0.29) is 22.0 Å². The number of ether oxygens (including phenoxy) is 1. The lowest BCUT2D eigenvalue weighted by molar-refractivity contribution is -0.139. The summed E-state index contributed by atoms with van der Waals surface area (Å²) >= 11 is 0.